The molecule has 4 nitrogen and oxygen atoms in total. The van der Waals surface area contributed by atoms with Crippen LogP contribution in [-0.2, 0) is 9.84 Å². The summed E-state index contributed by atoms with van der Waals surface area (Å²) >= 11 is 0. The lowest BCUT2D eigenvalue weighted by atomic mass is 10.1. The molecule has 1 aliphatic carbocycles. The number of benzene rings is 1. The minimum absolute atomic E-state index is 0.114. The Morgan fingerprint density at radius 1 is 1.19 bits per heavy atom. The highest BCUT2D eigenvalue weighted by Gasteiger charge is 2.46. The molecule has 8 heteroatoms. The topological polar surface area (TPSA) is 66.4 Å². The number of rotatable bonds is 4. The van der Waals surface area contributed by atoms with Crippen molar-refractivity contribution in [2.75, 3.05) is 11.9 Å². The Bertz CT molecular complexity index is 584. The van der Waals surface area contributed by atoms with Crippen LogP contribution < -0.4 is 5.32 Å². The normalized spacial score (nSPS) is 23.2. The van der Waals surface area contributed by atoms with Crippen LogP contribution in [0, 0.1) is 5.92 Å². The van der Waals surface area contributed by atoms with Gasteiger partial charge in [0.1, 0.15) is 0 Å². The quantitative estimate of drug-likeness (QED) is 0.894. The number of nitrogens with one attached hydrogen (secondary N) is 1. The van der Waals surface area contributed by atoms with Crippen molar-refractivity contribution in [3.63, 3.8) is 0 Å². The largest absolute Gasteiger partial charge is 0.501 e. The van der Waals surface area contributed by atoms with E-state index in [-0.39, 0.29) is 12.0 Å². The first kappa shape index (κ1) is 16.1. The summed E-state index contributed by atoms with van der Waals surface area (Å²) in [5, 5.41) is 12.7. The fourth-order valence-corrected chi connectivity index (χ4v) is 3.15. The standard InChI is InChI=1S/C13H16F3NO3S/c14-13(15,16)21(19,20)11-6-4-10(5-7-11)17-8-9-2-1-3-12(9)18/h4-7,9,12,17-18H,1-3,8H2. The van der Waals surface area contributed by atoms with Gasteiger partial charge in [-0.1, -0.05) is 6.42 Å². The van der Waals surface area contributed by atoms with Crippen molar-refractivity contribution in [1.82, 2.24) is 0 Å². The Balaban J connectivity index is 2.03. The first-order valence-corrected chi connectivity index (χ1v) is 8.03. The Kier molecular flexibility index (Phi) is 4.48. The maximum atomic E-state index is 12.4. The van der Waals surface area contributed by atoms with Crippen LogP contribution in [0.3, 0.4) is 0 Å². The number of hydrogen-bond acceptors (Lipinski definition) is 4. The van der Waals surface area contributed by atoms with Crippen molar-refractivity contribution >= 4 is 15.5 Å². The maximum absolute atomic E-state index is 12.4. The lowest BCUT2D eigenvalue weighted by Gasteiger charge is -2.16. The van der Waals surface area contributed by atoms with Gasteiger partial charge in [0.05, 0.1) is 11.0 Å². The average Bonchev–Trinajstić information content (AvgIpc) is 2.81. The molecular formula is C13H16F3NO3S. The van der Waals surface area contributed by atoms with E-state index in [1.54, 1.807) is 0 Å². The number of hydrogen-bond donors (Lipinski definition) is 2. The number of aliphatic hydroxyl groups excluding tert-OH is 1. The third-order valence-electron chi connectivity index (χ3n) is 3.66. The summed E-state index contributed by atoms with van der Waals surface area (Å²) in [5.74, 6) is 0.114. The lowest BCUT2D eigenvalue weighted by Crippen LogP contribution is -2.23. The molecule has 0 bridgehead atoms. The van der Waals surface area contributed by atoms with Crippen molar-refractivity contribution in [2.45, 2.75) is 35.8 Å². The molecule has 1 saturated carbocycles. The number of anilines is 1. The van der Waals surface area contributed by atoms with Crippen LogP contribution in [0.4, 0.5) is 18.9 Å². The zero-order chi connectivity index (χ0) is 15.7. The molecule has 0 radical (unpaired) electrons. The SMILES string of the molecule is O=S(=O)(c1ccc(NCC2CCCC2O)cc1)C(F)(F)F. The van der Waals surface area contributed by atoms with Crippen LogP contribution in [-0.4, -0.2) is 31.7 Å². The van der Waals surface area contributed by atoms with E-state index >= 15 is 0 Å². The van der Waals surface area contributed by atoms with Crippen molar-refractivity contribution in [1.29, 1.82) is 0 Å². The second-order valence-electron chi connectivity index (χ2n) is 5.11. The molecule has 0 saturated heterocycles. The minimum Gasteiger partial charge on any atom is -0.393 e. The molecule has 0 aliphatic heterocycles. The van der Waals surface area contributed by atoms with Gasteiger partial charge in [-0.05, 0) is 37.1 Å². The Labute approximate surface area is 120 Å². The molecular weight excluding hydrogens is 307 g/mol. The third kappa shape index (κ3) is 3.49. The van der Waals surface area contributed by atoms with Crippen molar-refractivity contribution in [3.8, 4) is 0 Å². The molecule has 1 fully saturated rings. The summed E-state index contributed by atoms with van der Waals surface area (Å²) in [4.78, 5) is -0.776. The minimum atomic E-state index is -5.30. The predicted octanol–water partition coefficient (Wildman–Crippen LogP) is 2.55. The Hall–Kier alpha value is -1.28. The van der Waals surface area contributed by atoms with Crippen LogP contribution >= 0.6 is 0 Å². The molecule has 118 valence electrons. The molecule has 0 heterocycles. The Morgan fingerprint density at radius 3 is 2.29 bits per heavy atom. The average molecular weight is 323 g/mol. The molecule has 2 N–H and O–H groups in total. The van der Waals surface area contributed by atoms with E-state index in [1.807, 2.05) is 0 Å². The van der Waals surface area contributed by atoms with Gasteiger partial charge in [0.25, 0.3) is 9.84 Å². The van der Waals surface area contributed by atoms with E-state index in [0.717, 1.165) is 31.4 Å². The van der Waals surface area contributed by atoms with E-state index in [1.165, 1.54) is 12.1 Å². The predicted molar refractivity (Wildman–Crippen MR) is 71.5 cm³/mol. The highest BCUT2D eigenvalue weighted by Crippen LogP contribution is 2.31. The van der Waals surface area contributed by atoms with Gasteiger partial charge >= 0.3 is 5.51 Å². The molecule has 2 rings (SSSR count). The van der Waals surface area contributed by atoms with Gasteiger partial charge in [-0.2, -0.15) is 13.2 Å². The highest BCUT2D eigenvalue weighted by molar-refractivity contribution is 7.92. The zero-order valence-electron chi connectivity index (χ0n) is 11.1. The molecule has 0 spiro atoms. The number of aliphatic hydroxyl groups is 1. The van der Waals surface area contributed by atoms with Gasteiger partial charge in [0.2, 0.25) is 0 Å². The zero-order valence-corrected chi connectivity index (χ0v) is 11.9. The van der Waals surface area contributed by atoms with Crippen LogP contribution in [0.2, 0.25) is 0 Å². The van der Waals surface area contributed by atoms with E-state index in [4.69, 9.17) is 0 Å². The van der Waals surface area contributed by atoms with Gasteiger partial charge in [0.15, 0.2) is 0 Å². The Morgan fingerprint density at radius 2 is 1.81 bits per heavy atom. The number of halogens is 3. The summed E-state index contributed by atoms with van der Waals surface area (Å²) in [6.45, 7) is 0.506. The molecule has 21 heavy (non-hydrogen) atoms. The molecule has 2 atom stereocenters. The smallest absolute Gasteiger partial charge is 0.393 e. The summed E-state index contributed by atoms with van der Waals surface area (Å²) in [5.41, 5.74) is -4.77. The van der Waals surface area contributed by atoms with Gasteiger partial charge < -0.3 is 10.4 Å². The van der Waals surface area contributed by atoms with Crippen LogP contribution in [0.1, 0.15) is 19.3 Å². The van der Waals surface area contributed by atoms with Crippen molar-refractivity contribution in [3.05, 3.63) is 24.3 Å². The summed E-state index contributed by atoms with van der Waals surface area (Å²) in [6, 6.07) is 4.44. The van der Waals surface area contributed by atoms with E-state index in [2.05, 4.69) is 5.32 Å². The maximum Gasteiger partial charge on any atom is 0.501 e. The summed E-state index contributed by atoms with van der Waals surface area (Å²) < 4.78 is 59.5. The molecule has 0 aromatic heterocycles. The van der Waals surface area contributed by atoms with E-state index < -0.39 is 20.2 Å². The fourth-order valence-electron chi connectivity index (χ4n) is 2.39. The highest BCUT2D eigenvalue weighted by atomic mass is 32.2. The van der Waals surface area contributed by atoms with E-state index in [0.29, 0.717) is 12.2 Å². The first-order valence-electron chi connectivity index (χ1n) is 6.55. The fraction of sp³-hybridized carbons (Fsp3) is 0.538. The molecule has 1 aliphatic rings. The molecule has 1 aromatic rings. The van der Waals surface area contributed by atoms with Crippen LogP contribution in [0.5, 0.6) is 0 Å². The first-order chi connectivity index (χ1) is 9.72. The second-order valence-corrected chi connectivity index (χ2v) is 7.05. The van der Waals surface area contributed by atoms with Crippen LogP contribution in [0.25, 0.3) is 0 Å². The third-order valence-corrected chi connectivity index (χ3v) is 5.16. The van der Waals surface area contributed by atoms with E-state index in [9.17, 15) is 26.7 Å². The molecule has 0 amide bonds. The number of sulfone groups is 1. The molecule has 1 aromatic carbocycles. The monoisotopic (exact) mass is 323 g/mol. The van der Waals surface area contributed by atoms with Gasteiger partial charge in [-0.3, -0.25) is 0 Å². The summed E-state index contributed by atoms with van der Waals surface area (Å²) in [7, 11) is -5.30. The number of alkyl halides is 3. The van der Waals surface area contributed by atoms with Gasteiger partial charge in [0, 0.05) is 18.2 Å². The lowest BCUT2D eigenvalue weighted by molar-refractivity contribution is -0.0436. The van der Waals surface area contributed by atoms with Crippen molar-refractivity contribution < 1.29 is 26.7 Å². The van der Waals surface area contributed by atoms with Gasteiger partial charge in [-0.25, -0.2) is 8.42 Å². The van der Waals surface area contributed by atoms with Gasteiger partial charge in [-0.15, -0.1) is 0 Å². The molecule has 2 unspecified atom stereocenters. The van der Waals surface area contributed by atoms with Crippen molar-refractivity contribution in [2.24, 2.45) is 5.92 Å². The second kappa shape index (κ2) is 5.84. The summed E-state index contributed by atoms with van der Waals surface area (Å²) in [6.07, 6.45) is 2.25. The van der Waals surface area contributed by atoms with Crippen LogP contribution in [0.15, 0.2) is 29.2 Å².